The van der Waals surface area contributed by atoms with Crippen LogP contribution < -0.4 is 10.6 Å². The molecule has 18 heavy (non-hydrogen) atoms. The highest BCUT2D eigenvalue weighted by atomic mass is 19.1. The Kier molecular flexibility index (Phi) is 3.22. The molecule has 0 amide bonds. The van der Waals surface area contributed by atoms with Gasteiger partial charge in [0.15, 0.2) is 0 Å². The van der Waals surface area contributed by atoms with E-state index in [1.54, 1.807) is 6.07 Å². The fourth-order valence-corrected chi connectivity index (χ4v) is 2.96. The molecule has 98 valence electrons. The molecule has 0 spiro atoms. The number of halogens is 1. The predicted molar refractivity (Wildman–Crippen MR) is 71.2 cm³/mol. The largest absolute Gasteiger partial charge is 0.367 e. The van der Waals surface area contributed by atoms with Crippen LogP contribution in [0.3, 0.4) is 0 Å². The van der Waals surface area contributed by atoms with Crippen molar-refractivity contribution in [2.24, 2.45) is 5.73 Å². The number of nitrogens with two attached hydrogens (primary N) is 1. The minimum atomic E-state index is -0.114. The molecule has 1 heterocycles. The average Bonchev–Trinajstić information content (AvgIpc) is 2.36. The second kappa shape index (κ2) is 4.86. The van der Waals surface area contributed by atoms with Crippen LogP contribution in [0.5, 0.6) is 0 Å². The fraction of sp³-hybridized carbons (Fsp3) is 0.571. The number of para-hydroxylation sites is 1. The lowest BCUT2D eigenvalue weighted by molar-refractivity contribution is 0.104. The molecule has 1 aliphatic heterocycles. The molecule has 1 aliphatic carbocycles. The second-order valence-corrected chi connectivity index (χ2v) is 5.36. The molecule has 0 unspecified atom stereocenters. The minimum absolute atomic E-state index is 0.114. The first-order valence-corrected chi connectivity index (χ1v) is 6.73. The Morgan fingerprint density at radius 2 is 1.72 bits per heavy atom. The summed E-state index contributed by atoms with van der Waals surface area (Å²) in [5.74, 6) is -0.114. The topological polar surface area (TPSA) is 32.5 Å². The molecule has 0 bridgehead atoms. The lowest BCUT2D eigenvalue weighted by Gasteiger charge is -2.45. The van der Waals surface area contributed by atoms with Crippen molar-refractivity contribution in [2.75, 3.05) is 31.1 Å². The van der Waals surface area contributed by atoms with Crippen molar-refractivity contribution < 1.29 is 4.39 Å². The summed E-state index contributed by atoms with van der Waals surface area (Å²) in [6, 6.07) is 8.11. The van der Waals surface area contributed by atoms with Gasteiger partial charge in [0.05, 0.1) is 5.69 Å². The molecule has 3 nitrogen and oxygen atoms in total. The molecule has 0 atom stereocenters. The molecule has 2 N–H and O–H groups in total. The number of hydrogen-bond acceptors (Lipinski definition) is 3. The maximum Gasteiger partial charge on any atom is 0.146 e. The molecular weight excluding hydrogens is 229 g/mol. The normalized spacial score (nSPS) is 29.1. The quantitative estimate of drug-likeness (QED) is 0.861. The number of hydrogen-bond donors (Lipinski definition) is 1. The summed E-state index contributed by atoms with van der Waals surface area (Å²) in [4.78, 5) is 4.64. The third-order valence-electron chi connectivity index (χ3n) is 4.17. The van der Waals surface area contributed by atoms with Crippen molar-refractivity contribution in [2.45, 2.75) is 24.9 Å². The summed E-state index contributed by atoms with van der Waals surface area (Å²) >= 11 is 0. The Balaban J connectivity index is 1.58. The smallest absolute Gasteiger partial charge is 0.146 e. The summed E-state index contributed by atoms with van der Waals surface area (Å²) in [5.41, 5.74) is 6.57. The van der Waals surface area contributed by atoms with Gasteiger partial charge < -0.3 is 10.6 Å². The molecule has 2 aliphatic rings. The molecule has 2 fully saturated rings. The lowest BCUT2D eigenvalue weighted by atomic mass is 9.86. The maximum atomic E-state index is 13.7. The Morgan fingerprint density at radius 3 is 2.33 bits per heavy atom. The predicted octanol–water partition coefficient (Wildman–Crippen LogP) is 1.44. The first kappa shape index (κ1) is 11.9. The zero-order valence-electron chi connectivity index (χ0n) is 10.6. The van der Waals surface area contributed by atoms with E-state index in [0.717, 1.165) is 44.7 Å². The number of piperazine rings is 1. The van der Waals surface area contributed by atoms with Gasteiger partial charge in [-0.15, -0.1) is 0 Å². The van der Waals surface area contributed by atoms with Gasteiger partial charge in [-0.2, -0.15) is 0 Å². The third-order valence-corrected chi connectivity index (χ3v) is 4.17. The van der Waals surface area contributed by atoms with E-state index in [9.17, 15) is 4.39 Å². The van der Waals surface area contributed by atoms with Gasteiger partial charge in [0.2, 0.25) is 0 Å². The summed E-state index contributed by atoms with van der Waals surface area (Å²) in [5, 5.41) is 0. The van der Waals surface area contributed by atoms with Crippen molar-refractivity contribution in [3.63, 3.8) is 0 Å². The van der Waals surface area contributed by atoms with E-state index < -0.39 is 0 Å². The van der Waals surface area contributed by atoms with Crippen LogP contribution in [-0.4, -0.2) is 43.2 Å². The molecule has 4 heteroatoms. The highest BCUT2D eigenvalue weighted by Gasteiger charge is 2.33. The van der Waals surface area contributed by atoms with Crippen molar-refractivity contribution >= 4 is 5.69 Å². The van der Waals surface area contributed by atoms with E-state index in [1.807, 2.05) is 12.1 Å². The minimum Gasteiger partial charge on any atom is -0.367 e. The van der Waals surface area contributed by atoms with Crippen LogP contribution in [0, 0.1) is 5.82 Å². The standard InChI is InChI=1S/C14H20FN3/c15-13-3-1-2-4-14(13)18-7-5-17(6-8-18)12-9-11(16)10-12/h1-4,11-12H,5-10,16H2. The van der Waals surface area contributed by atoms with Crippen LogP contribution in [-0.2, 0) is 0 Å². The van der Waals surface area contributed by atoms with Gasteiger partial charge in [-0.25, -0.2) is 4.39 Å². The van der Waals surface area contributed by atoms with Gasteiger partial charge in [-0.05, 0) is 25.0 Å². The lowest BCUT2D eigenvalue weighted by Crippen LogP contribution is -2.57. The number of anilines is 1. The van der Waals surface area contributed by atoms with Gasteiger partial charge in [-0.1, -0.05) is 12.1 Å². The Hall–Kier alpha value is -1.13. The molecule has 1 saturated carbocycles. The molecule has 1 aromatic carbocycles. The first-order chi connectivity index (χ1) is 8.74. The molecule has 0 aromatic heterocycles. The summed E-state index contributed by atoms with van der Waals surface area (Å²) in [6.07, 6.45) is 2.25. The Labute approximate surface area is 107 Å². The van der Waals surface area contributed by atoms with Gasteiger partial charge >= 0.3 is 0 Å². The molecule has 3 rings (SSSR count). The zero-order valence-corrected chi connectivity index (χ0v) is 10.6. The van der Waals surface area contributed by atoms with Gasteiger partial charge in [-0.3, -0.25) is 4.90 Å². The first-order valence-electron chi connectivity index (χ1n) is 6.73. The molecule has 1 aromatic rings. The van der Waals surface area contributed by atoms with E-state index in [0.29, 0.717) is 12.1 Å². The number of rotatable bonds is 2. The van der Waals surface area contributed by atoms with E-state index in [1.165, 1.54) is 6.07 Å². The van der Waals surface area contributed by atoms with Crippen LogP contribution in [0.1, 0.15) is 12.8 Å². The second-order valence-electron chi connectivity index (χ2n) is 5.36. The van der Waals surface area contributed by atoms with Gasteiger partial charge in [0.25, 0.3) is 0 Å². The van der Waals surface area contributed by atoms with Crippen LogP contribution in [0.4, 0.5) is 10.1 Å². The monoisotopic (exact) mass is 249 g/mol. The van der Waals surface area contributed by atoms with Crippen LogP contribution in [0.15, 0.2) is 24.3 Å². The Morgan fingerprint density at radius 1 is 1.06 bits per heavy atom. The van der Waals surface area contributed by atoms with Crippen LogP contribution in [0.2, 0.25) is 0 Å². The number of nitrogens with zero attached hydrogens (tertiary/aromatic N) is 2. The average molecular weight is 249 g/mol. The fourth-order valence-electron chi connectivity index (χ4n) is 2.96. The van der Waals surface area contributed by atoms with Crippen molar-refractivity contribution in [1.82, 2.24) is 4.90 Å². The maximum absolute atomic E-state index is 13.7. The summed E-state index contributed by atoms with van der Waals surface area (Å²) in [6.45, 7) is 3.86. The zero-order chi connectivity index (χ0) is 12.5. The Bertz CT molecular complexity index is 409. The van der Waals surface area contributed by atoms with Crippen LogP contribution >= 0.6 is 0 Å². The molecule has 0 radical (unpaired) electrons. The van der Waals surface area contributed by atoms with E-state index in [-0.39, 0.29) is 5.82 Å². The van der Waals surface area contributed by atoms with E-state index in [4.69, 9.17) is 5.73 Å². The summed E-state index contributed by atoms with van der Waals surface area (Å²) < 4.78 is 13.7. The SMILES string of the molecule is NC1CC(N2CCN(c3ccccc3F)CC2)C1. The van der Waals surface area contributed by atoms with Crippen molar-refractivity contribution in [3.8, 4) is 0 Å². The highest BCUT2D eigenvalue weighted by Crippen LogP contribution is 2.26. The van der Waals surface area contributed by atoms with Crippen molar-refractivity contribution in [3.05, 3.63) is 30.1 Å². The van der Waals surface area contributed by atoms with E-state index in [2.05, 4.69) is 9.80 Å². The van der Waals surface area contributed by atoms with Gasteiger partial charge in [0.1, 0.15) is 5.82 Å². The molecular formula is C14H20FN3. The van der Waals surface area contributed by atoms with Crippen LogP contribution in [0.25, 0.3) is 0 Å². The molecule has 1 saturated heterocycles. The highest BCUT2D eigenvalue weighted by molar-refractivity contribution is 5.48. The van der Waals surface area contributed by atoms with Gasteiger partial charge in [0, 0.05) is 38.3 Å². The number of benzene rings is 1. The third kappa shape index (κ3) is 2.22. The van der Waals surface area contributed by atoms with E-state index >= 15 is 0 Å². The van der Waals surface area contributed by atoms with Crippen molar-refractivity contribution in [1.29, 1.82) is 0 Å². The summed E-state index contributed by atoms with van der Waals surface area (Å²) in [7, 11) is 0.